The SMILES string of the molecule is C=CC(=O)OCC(CC)(COC(=O)CCP(C(=O)c1c(C)cc(C)cc1C)C(=O)c1c(C)cc(C)cc1C)COC(=O)CCP(C(=O)c1c(C)cc(C)cc1C)C(=O)c1c(C)cc(C)cc1C. The molecule has 0 fully saturated rings. The standard InChI is InChI=1S/C55H66O10P2/c1-15-44(56)63-29-55(16-2,30-64-45(57)17-19-66(51(59)47-36(7)21-32(3)22-37(47)8)52(60)48-38(9)23-33(4)24-39(48)10)31-65-46(58)18-20-67(53(61)49-40(11)25-34(5)26-41(49)12)54(62)50-42(13)27-35(6)28-43(50)14/h15,21-28H,1,16-20,29-31H2,2-14H3. The highest BCUT2D eigenvalue weighted by molar-refractivity contribution is 7.90. The molecule has 4 rings (SSSR count). The Kier molecular flexibility index (Phi) is 19.0. The zero-order chi connectivity index (χ0) is 50.1. The Balaban J connectivity index is 1.56. The van der Waals surface area contributed by atoms with Crippen LogP contribution in [0.1, 0.15) is 134 Å². The summed E-state index contributed by atoms with van der Waals surface area (Å²) >= 11 is 0. The van der Waals surface area contributed by atoms with Crippen LogP contribution in [0.15, 0.2) is 61.2 Å². The Morgan fingerprint density at radius 1 is 0.448 bits per heavy atom. The van der Waals surface area contributed by atoms with Crippen LogP contribution in [0, 0.1) is 88.5 Å². The molecule has 0 bridgehead atoms. The first-order valence-corrected chi connectivity index (χ1v) is 25.6. The molecule has 0 radical (unpaired) electrons. The van der Waals surface area contributed by atoms with Crippen molar-refractivity contribution >= 4 is 55.8 Å². The molecule has 0 heterocycles. The Bertz CT molecular complexity index is 2230. The molecule has 0 unspecified atom stereocenters. The minimum atomic E-state index is -2.06. The summed E-state index contributed by atoms with van der Waals surface area (Å²) in [5, 5.41) is 0. The van der Waals surface area contributed by atoms with Gasteiger partial charge in [0.25, 0.3) is 0 Å². The lowest BCUT2D eigenvalue weighted by Gasteiger charge is -2.31. The summed E-state index contributed by atoms with van der Waals surface area (Å²) in [6.07, 6.45) is 0.600. The van der Waals surface area contributed by atoms with Gasteiger partial charge < -0.3 is 14.2 Å². The van der Waals surface area contributed by atoms with E-state index < -0.39 is 39.2 Å². The van der Waals surface area contributed by atoms with Crippen molar-refractivity contribution in [3.8, 4) is 0 Å². The van der Waals surface area contributed by atoms with Gasteiger partial charge in [-0.1, -0.05) is 84.3 Å². The highest BCUT2D eigenvalue weighted by atomic mass is 31.1. The van der Waals surface area contributed by atoms with E-state index in [-0.39, 0.29) is 73.5 Å². The third-order valence-corrected chi connectivity index (χ3v) is 16.3. The van der Waals surface area contributed by atoms with Crippen molar-refractivity contribution < 1.29 is 47.8 Å². The fraction of sp³-hybridized carbons (Fsp3) is 0.400. The maximum absolute atomic E-state index is 14.4. The molecule has 0 aliphatic rings. The van der Waals surface area contributed by atoms with Gasteiger partial charge in [-0.25, -0.2) is 4.79 Å². The number of carbonyl (C=O) groups is 7. The Hall–Kier alpha value is -5.43. The first-order valence-electron chi connectivity index (χ1n) is 22.6. The second-order valence-corrected chi connectivity index (χ2v) is 22.3. The van der Waals surface area contributed by atoms with E-state index in [0.29, 0.717) is 22.3 Å². The molecule has 4 aromatic carbocycles. The van der Waals surface area contributed by atoms with Crippen molar-refractivity contribution in [3.63, 3.8) is 0 Å². The fourth-order valence-electron chi connectivity index (χ4n) is 8.93. The maximum atomic E-state index is 14.4. The zero-order valence-electron chi connectivity index (χ0n) is 41.5. The smallest absolute Gasteiger partial charge is 0.330 e. The molecule has 0 amide bonds. The summed E-state index contributed by atoms with van der Waals surface area (Å²) < 4.78 is 17.1. The Morgan fingerprint density at radius 2 is 0.687 bits per heavy atom. The third kappa shape index (κ3) is 13.6. The number of rotatable bonds is 22. The second kappa shape index (κ2) is 23.5. The third-order valence-electron chi connectivity index (χ3n) is 12.1. The van der Waals surface area contributed by atoms with Gasteiger partial charge in [0.2, 0.25) is 0 Å². The van der Waals surface area contributed by atoms with Crippen molar-refractivity contribution in [3.05, 3.63) is 150 Å². The monoisotopic (exact) mass is 948 g/mol. The number of aryl methyl sites for hydroxylation is 12. The lowest BCUT2D eigenvalue weighted by molar-refractivity contribution is -0.160. The average molecular weight is 949 g/mol. The van der Waals surface area contributed by atoms with Gasteiger partial charge in [0, 0.05) is 44.2 Å². The lowest BCUT2D eigenvalue weighted by atomic mass is 9.88. The van der Waals surface area contributed by atoms with E-state index >= 15 is 0 Å². The van der Waals surface area contributed by atoms with Crippen LogP contribution in [0.2, 0.25) is 0 Å². The molecular weight excluding hydrogens is 883 g/mol. The molecule has 0 saturated carbocycles. The topological polar surface area (TPSA) is 147 Å². The molecule has 0 atom stereocenters. The van der Waals surface area contributed by atoms with Gasteiger partial charge in [-0.3, -0.25) is 28.8 Å². The molecule has 356 valence electrons. The predicted octanol–water partition coefficient (Wildman–Crippen LogP) is 12.0. The minimum absolute atomic E-state index is 0.0609. The van der Waals surface area contributed by atoms with Crippen LogP contribution in [-0.4, -0.2) is 72.1 Å². The van der Waals surface area contributed by atoms with Crippen LogP contribution < -0.4 is 0 Å². The minimum Gasteiger partial charge on any atom is -0.465 e. The summed E-state index contributed by atoms with van der Waals surface area (Å²) in [6, 6.07) is 15.3. The van der Waals surface area contributed by atoms with Crippen LogP contribution in [-0.2, 0) is 28.6 Å². The van der Waals surface area contributed by atoms with E-state index in [2.05, 4.69) is 6.58 Å². The molecule has 12 heteroatoms. The molecule has 0 spiro atoms. The normalized spacial score (nSPS) is 11.4. The van der Waals surface area contributed by atoms with Gasteiger partial charge in [0.15, 0.2) is 22.1 Å². The maximum Gasteiger partial charge on any atom is 0.330 e. The number of hydrogen-bond donors (Lipinski definition) is 0. The van der Waals surface area contributed by atoms with Crippen LogP contribution in [0.5, 0.6) is 0 Å². The van der Waals surface area contributed by atoms with E-state index in [9.17, 15) is 33.6 Å². The highest BCUT2D eigenvalue weighted by Crippen LogP contribution is 2.48. The van der Waals surface area contributed by atoms with Gasteiger partial charge in [0.05, 0.1) is 18.3 Å². The van der Waals surface area contributed by atoms with Crippen LogP contribution in [0.3, 0.4) is 0 Å². The van der Waals surface area contributed by atoms with Crippen LogP contribution in [0.4, 0.5) is 0 Å². The van der Waals surface area contributed by atoms with Gasteiger partial charge in [-0.15, -0.1) is 0 Å². The summed E-state index contributed by atoms with van der Waals surface area (Å²) in [7, 11) is -4.13. The number of ether oxygens (including phenoxy) is 3. The molecule has 10 nitrogen and oxygen atoms in total. The molecule has 67 heavy (non-hydrogen) atoms. The first-order chi connectivity index (χ1) is 31.4. The summed E-state index contributed by atoms with van der Waals surface area (Å²) in [4.78, 5) is 97.3. The van der Waals surface area contributed by atoms with E-state index in [1.165, 1.54) is 0 Å². The molecule has 0 aromatic heterocycles. The molecule has 0 saturated heterocycles. The van der Waals surface area contributed by atoms with Crippen molar-refractivity contribution in [2.45, 2.75) is 109 Å². The van der Waals surface area contributed by atoms with E-state index in [4.69, 9.17) is 14.2 Å². The van der Waals surface area contributed by atoms with Crippen molar-refractivity contribution in [1.29, 1.82) is 0 Å². The number of carbonyl (C=O) groups excluding carboxylic acids is 7. The summed E-state index contributed by atoms with van der Waals surface area (Å²) in [6.45, 7) is 26.8. The first kappa shape index (κ1) is 54.2. The largest absolute Gasteiger partial charge is 0.465 e. The van der Waals surface area contributed by atoms with Gasteiger partial charge in [0.1, 0.15) is 19.8 Å². The van der Waals surface area contributed by atoms with Crippen LogP contribution >= 0.6 is 15.8 Å². The number of benzene rings is 4. The molecule has 0 aliphatic carbocycles. The zero-order valence-corrected chi connectivity index (χ0v) is 43.3. The molecule has 4 aromatic rings. The van der Waals surface area contributed by atoms with Gasteiger partial charge >= 0.3 is 17.9 Å². The van der Waals surface area contributed by atoms with E-state index in [0.717, 1.165) is 72.8 Å². The van der Waals surface area contributed by atoms with Crippen molar-refractivity contribution in [2.24, 2.45) is 5.41 Å². The molecule has 0 N–H and O–H groups in total. The molecule has 0 aliphatic heterocycles. The van der Waals surface area contributed by atoms with Crippen molar-refractivity contribution in [2.75, 3.05) is 32.1 Å². The second-order valence-electron chi connectivity index (χ2n) is 18.1. The number of hydrogen-bond acceptors (Lipinski definition) is 10. The van der Waals surface area contributed by atoms with Gasteiger partial charge in [-0.05, 0) is 146 Å². The number of esters is 3. The lowest BCUT2D eigenvalue weighted by Crippen LogP contribution is -2.39. The van der Waals surface area contributed by atoms with Gasteiger partial charge in [-0.2, -0.15) is 0 Å². The quantitative estimate of drug-likeness (QED) is 0.0323. The Labute approximate surface area is 399 Å². The summed E-state index contributed by atoms with van der Waals surface area (Å²) in [5.41, 5.74) is 9.40. The van der Waals surface area contributed by atoms with E-state index in [1.54, 1.807) is 6.92 Å². The van der Waals surface area contributed by atoms with Crippen LogP contribution in [0.25, 0.3) is 0 Å². The highest BCUT2D eigenvalue weighted by Gasteiger charge is 2.37. The van der Waals surface area contributed by atoms with Crippen molar-refractivity contribution in [1.82, 2.24) is 0 Å². The summed E-state index contributed by atoms with van der Waals surface area (Å²) in [5.74, 6) is -2.10. The fourth-order valence-corrected chi connectivity index (χ4v) is 13.4. The Morgan fingerprint density at radius 3 is 0.910 bits per heavy atom. The predicted molar refractivity (Wildman–Crippen MR) is 269 cm³/mol. The molecular formula is C55H66O10P2. The van der Waals surface area contributed by atoms with E-state index in [1.807, 2.05) is 132 Å². The average Bonchev–Trinajstić information content (AvgIpc) is 3.22.